The number of carbonyl (C=O) groups excluding carboxylic acids is 1. The summed E-state index contributed by atoms with van der Waals surface area (Å²) >= 11 is 0. The Morgan fingerprint density at radius 3 is 2.60 bits per heavy atom. The number of nitrogens with zero attached hydrogens (tertiary/aromatic N) is 2. The minimum absolute atomic E-state index is 0.210. The summed E-state index contributed by atoms with van der Waals surface area (Å²) in [6.45, 7) is 1.99. The van der Waals surface area contributed by atoms with Crippen LogP contribution in [0.2, 0.25) is 0 Å². The van der Waals surface area contributed by atoms with Crippen molar-refractivity contribution in [2.75, 3.05) is 5.32 Å². The molecule has 1 fully saturated rings. The molecular weight excluding hydrogens is 321 g/mol. The molecule has 1 amide bonds. The van der Waals surface area contributed by atoms with Crippen LogP contribution in [0.5, 0.6) is 0 Å². The first-order valence-electron chi connectivity index (χ1n) is 8.05. The Balaban J connectivity index is 1.57. The van der Waals surface area contributed by atoms with Gasteiger partial charge in [-0.25, -0.2) is 4.39 Å². The van der Waals surface area contributed by atoms with E-state index in [2.05, 4.69) is 15.5 Å². The van der Waals surface area contributed by atoms with Crippen molar-refractivity contribution in [2.24, 2.45) is 0 Å². The monoisotopic (exact) mass is 337 g/mol. The van der Waals surface area contributed by atoms with Crippen molar-refractivity contribution in [3.63, 3.8) is 0 Å². The van der Waals surface area contributed by atoms with E-state index < -0.39 is 5.41 Å². The maximum atomic E-state index is 13.0. The Bertz CT molecular complexity index is 930. The summed E-state index contributed by atoms with van der Waals surface area (Å²) in [5.74, 6) is 0.167. The number of aromatic nitrogens is 2. The predicted octanol–water partition coefficient (Wildman–Crippen LogP) is 3.85. The third-order valence-electron chi connectivity index (χ3n) is 4.39. The van der Waals surface area contributed by atoms with Gasteiger partial charge in [-0.3, -0.25) is 4.79 Å². The molecule has 0 atom stereocenters. The lowest BCUT2D eigenvalue weighted by Gasteiger charge is -2.11. The SMILES string of the molecule is Cc1cccc(-c2nnc(C3(C(=O)Nc4ccc(F)cc4)CC3)o2)c1. The quantitative estimate of drug-likeness (QED) is 0.785. The Kier molecular flexibility index (Phi) is 3.60. The van der Waals surface area contributed by atoms with Gasteiger partial charge in [0, 0.05) is 11.3 Å². The van der Waals surface area contributed by atoms with Crippen LogP contribution >= 0.6 is 0 Å². The number of halogens is 1. The maximum Gasteiger partial charge on any atom is 0.247 e. The molecule has 0 radical (unpaired) electrons. The van der Waals surface area contributed by atoms with E-state index in [0.717, 1.165) is 11.1 Å². The maximum absolute atomic E-state index is 13.0. The zero-order valence-corrected chi connectivity index (χ0v) is 13.6. The van der Waals surface area contributed by atoms with E-state index in [4.69, 9.17) is 4.42 Å². The summed E-state index contributed by atoms with van der Waals surface area (Å²) in [5, 5.41) is 11.0. The first-order chi connectivity index (χ1) is 12.1. The number of carbonyl (C=O) groups is 1. The standard InChI is InChI=1S/C19H16FN3O2/c1-12-3-2-4-13(11-12)16-22-23-18(25-16)19(9-10-19)17(24)21-15-7-5-14(20)6-8-15/h2-8,11H,9-10H2,1H3,(H,21,24). The van der Waals surface area contributed by atoms with Crippen LogP contribution < -0.4 is 5.32 Å². The molecule has 1 heterocycles. The molecule has 0 aliphatic heterocycles. The van der Waals surface area contributed by atoms with E-state index in [0.29, 0.717) is 30.3 Å². The van der Waals surface area contributed by atoms with Crippen LogP contribution in [-0.2, 0) is 10.2 Å². The van der Waals surface area contributed by atoms with Gasteiger partial charge in [0.2, 0.25) is 17.7 Å². The second-order valence-electron chi connectivity index (χ2n) is 6.32. The lowest BCUT2D eigenvalue weighted by Crippen LogP contribution is -2.28. The van der Waals surface area contributed by atoms with Crippen LogP contribution in [0.3, 0.4) is 0 Å². The van der Waals surface area contributed by atoms with Crippen molar-refractivity contribution < 1.29 is 13.6 Å². The van der Waals surface area contributed by atoms with Crippen LogP contribution in [0.4, 0.5) is 10.1 Å². The fourth-order valence-corrected chi connectivity index (χ4v) is 2.76. The average molecular weight is 337 g/mol. The highest BCUT2D eigenvalue weighted by atomic mass is 19.1. The zero-order chi connectivity index (χ0) is 17.4. The van der Waals surface area contributed by atoms with Crippen LogP contribution in [0.15, 0.2) is 52.9 Å². The molecule has 0 saturated heterocycles. The van der Waals surface area contributed by atoms with E-state index >= 15 is 0 Å². The average Bonchev–Trinajstić information content (AvgIpc) is 3.27. The molecule has 3 aromatic rings. The highest BCUT2D eigenvalue weighted by molar-refractivity contribution is 6.00. The smallest absolute Gasteiger partial charge is 0.247 e. The molecule has 126 valence electrons. The van der Waals surface area contributed by atoms with Gasteiger partial charge < -0.3 is 9.73 Å². The summed E-state index contributed by atoms with van der Waals surface area (Å²) in [4.78, 5) is 12.6. The summed E-state index contributed by atoms with van der Waals surface area (Å²) in [7, 11) is 0. The zero-order valence-electron chi connectivity index (χ0n) is 13.6. The van der Waals surface area contributed by atoms with E-state index in [1.54, 1.807) is 0 Å². The van der Waals surface area contributed by atoms with Crippen molar-refractivity contribution in [2.45, 2.75) is 25.2 Å². The Morgan fingerprint density at radius 2 is 1.92 bits per heavy atom. The summed E-state index contributed by atoms with van der Waals surface area (Å²) in [6.07, 6.45) is 1.30. The number of hydrogen-bond acceptors (Lipinski definition) is 4. The largest absolute Gasteiger partial charge is 0.420 e. The van der Waals surface area contributed by atoms with Crippen molar-refractivity contribution in [1.82, 2.24) is 10.2 Å². The molecule has 2 aromatic carbocycles. The molecule has 5 nitrogen and oxygen atoms in total. The fourth-order valence-electron chi connectivity index (χ4n) is 2.76. The molecule has 1 saturated carbocycles. The summed E-state index contributed by atoms with van der Waals surface area (Å²) < 4.78 is 18.8. The highest BCUT2D eigenvalue weighted by Gasteiger charge is 2.56. The molecule has 0 bridgehead atoms. The first-order valence-corrected chi connectivity index (χ1v) is 8.05. The van der Waals surface area contributed by atoms with E-state index in [-0.39, 0.29) is 11.7 Å². The van der Waals surface area contributed by atoms with Gasteiger partial charge >= 0.3 is 0 Å². The summed E-state index contributed by atoms with van der Waals surface area (Å²) in [5.41, 5.74) is 1.67. The van der Waals surface area contributed by atoms with Crippen molar-refractivity contribution >= 4 is 11.6 Å². The molecule has 6 heteroatoms. The number of benzene rings is 2. The van der Waals surface area contributed by atoms with Gasteiger partial charge in [0.1, 0.15) is 11.2 Å². The molecule has 25 heavy (non-hydrogen) atoms. The van der Waals surface area contributed by atoms with Gasteiger partial charge in [-0.2, -0.15) is 0 Å². The number of anilines is 1. The van der Waals surface area contributed by atoms with Gasteiger partial charge in [0.15, 0.2) is 0 Å². The molecule has 1 aliphatic rings. The van der Waals surface area contributed by atoms with Gasteiger partial charge in [-0.05, 0) is 56.2 Å². The van der Waals surface area contributed by atoms with Crippen LogP contribution in [0, 0.1) is 12.7 Å². The number of nitrogens with one attached hydrogen (secondary N) is 1. The normalized spacial score (nSPS) is 15.0. The van der Waals surface area contributed by atoms with Gasteiger partial charge in [-0.15, -0.1) is 10.2 Å². The Hall–Kier alpha value is -3.02. The lowest BCUT2D eigenvalue weighted by molar-refractivity contribution is -0.119. The fraction of sp³-hybridized carbons (Fsp3) is 0.211. The van der Waals surface area contributed by atoms with E-state index in [1.165, 1.54) is 24.3 Å². The molecule has 4 rings (SSSR count). The summed E-state index contributed by atoms with van der Waals surface area (Å²) in [6, 6.07) is 13.4. The first kappa shape index (κ1) is 15.5. The van der Waals surface area contributed by atoms with Gasteiger partial charge in [0.05, 0.1) is 0 Å². The molecule has 1 aromatic heterocycles. The van der Waals surface area contributed by atoms with Gasteiger partial charge in [-0.1, -0.05) is 17.7 Å². The molecule has 1 N–H and O–H groups in total. The molecule has 1 aliphatic carbocycles. The third-order valence-corrected chi connectivity index (χ3v) is 4.39. The molecule has 0 spiro atoms. The predicted molar refractivity (Wildman–Crippen MR) is 90.4 cm³/mol. The second-order valence-corrected chi connectivity index (χ2v) is 6.32. The molecule has 0 unspecified atom stereocenters. The Labute approximate surface area is 143 Å². The molecular formula is C19H16FN3O2. The number of aryl methyl sites for hydroxylation is 1. The minimum Gasteiger partial charge on any atom is -0.420 e. The lowest BCUT2D eigenvalue weighted by atomic mass is 10.1. The van der Waals surface area contributed by atoms with E-state index in [9.17, 15) is 9.18 Å². The Morgan fingerprint density at radius 1 is 1.16 bits per heavy atom. The van der Waals surface area contributed by atoms with Crippen LogP contribution in [-0.4, -0.2) is 16.1 Å². The van der Waals surface area contributed by atoms with E-state index in [1.807, 2.05) is 31.2 Å². The topological polar surface area (TPSA) is 68.0 Å². The van der Waals surface area contributed by atoms with Crippen LogP contribution in [0.25, 0.3) is 11.5 Å². The van der Waals surface area contributed by atoms with Gasteiger partial charge in [0.25, 0.3) is 0 Å². The number of amides is 1. The second kappa shape index (κ2) is 5.81. The third kappa shape index (κ3) is 2.91. The number of rotatable bonds is 4. The highest BCUT2D eigenvalue weighted by Crippen LogP contribution is 2.48. The minimum atomic E-state index is -0.788. The van der Waals surface area contributed by atoms with Crippen LogP contribution in [0.1, 0.15) is 24.3 Å². The van der Waals surface area contributed by atoms with Crippen molar-refractivity contribution in [3.8, 4) is 11.5 Å². The van der Waals surface area contributed by atoms with Crippen molar-refractivity contribution in [3.05, 3.63) is 65.8 Å². The number of hydrogen-bond donors (Lipinski definition) is 1. The van der Waals surface area contributed by atoms with Crippen molar-refractivity contribution in [1.29, 1.82) is 0 Å².